The molecule has 0 bridgehead atoms. The van der Waals surface area contributed by atoms with E-state index in [0.29, 0.717) is 35.7 Å². The molecule has 0 atom stereocenters. The fourth-order valence-electron chi connectivity index (χ4n) is 3.67. The number of aromatic hydroxyl groups is 1. The molecule has 4 rings (SSSR count). The van der Waals surface area contributed by atoms with Crippen LogP contribution in [0.4, 0.5) is 0 Å². The molecule has 3 aromatic rings. The highest BCUT2D eigenvalue weighted by atomic mass is 16.5. The molecule has 0 radical (unpaired) electrons. The van der Waals surface area contributed by atoms with Crippen LogP contribution in [0.2, 0.25) is 0 Å². The number of nitrogens with zero attached hydrogens (tertiary/aromatic N) is 1. The van der Waals surface area contributed by atoms with Gasteiger partial charge in [0, 0.05) is 5.56 Å². The van der Waals surface area contributed by atoms with Crippen LogP contribution in [0.3, 0.4) is 0 Å². The smallest absolute Gasteiger partial charge is 0.280 e. The second kappa shape index (κ2) is 9.73. The van der Waals surface area contributed by atoms with Gasteiger partial charge in [0.05, 0.1) is 35.7 Å². The third-order valence-corrected chi connectivity index (χ3v) is 5.45. The molecule has 2 aromatic carbocycles. The molecule has 1 aliphatic heterocycles. The standard InChI is InChI=1S/C26H28N2O4/c1-3-5-15-31-19-11-7-17(8-12-19)23-21-22(26(30)27-23)24(28-25(21)29)18-9-13-20(14-10-18)32-16-6-4-2/h7-14,27,30H,3-6,15-16H2,1-2H3. The van der Waals surface area contributed by atoms with Crippen LogP contribution in [0.15, 0.2) is 53.5 Å². The molecule has 1 aromatic heterocycles. The van der Waals surface area contributed by atoms with Crippen molar-refractivity contribution in [3.8, 4) is 28.6 Å². The van der Waals surface area contributed by atoms with Crippen LogP contribution >= 0.6 is 0 Å². The van der Waals surface area contributed by atoms with Crippen LogP contribution in [-0.2, 0) is 0 Å². The zero-order valence-electron chi connectivity index (χ0n) is 18.5. The Kier molecular flexibility index (Phi) is 6.59. The lowest BCUT2D eigenvalue weighted by atomic mass is 10.00. The summed E-state index contributed by atoms with van der Waals surface area (Å²) in [5, 5.41) is 10.6. The Morgan fingerprint density at radius 3 is 1.88 bits per heavy atom. The van der Waals surface area contributed by atoms with Crippen LogP contribution in [0, 0.1) is 0 Å². The van der Waals surface area contributed by atoms with Crippen molar-refractivity contribution < 1.29 is 19.4 Å². The zero-order chi connectivity index (χ0) is 22.5. The molecule has 166 valence electrons. The Morgan fingerprint density at radius 1 is 0.812 bits per heavy atom. The monoisotopic (exact) mass is 432 g/mol. The van der Waals surface area contributed by atoms with E-state index in [0.717, 1.165) is 48.3 Å². The first-order valence-electron chi connectivity index (χ1n) is 11.2. The summed E-state index contributed by atoms with van der Waals surface area (Å²) in [5.41, 5.74) is 3.38. The molecule has 1 amide bonds. The van der Waals surface area contributed by atoms with Gasteiger partial charge in [0.15, 0.2) is 5.88 Å². The fourth-order valence-corrected chi connectivity index (χ4v) is 3.67. The van der Waals surface area contributed by atoms with Gasteiger partial charge >= 0.3 is 0 Å². The number of nitrogens with one attached hydrogen (secondary N) is 1. The van der Waals surface area contributed by atoms with Gasteiger partial charge in [-0.3, -0.25) is 4.79 Å². The van der Waals surface area contributed by atoms with E-state index in [1.165, 1.54) is 0 Å². The number of carbonyl (C=O) groups is 1. The minimum atomic E-state index is -0.368. The van der Waals surface area contributed by atoms with Gasteiger partial charge in [0.2, 0.25) is 0 Å². The van der Waals surface area contributed by atoms with Crippen molar-refractivity contribution >= 4 is 11.6 Å². The summed E-state index contributed by atoms with van der Waals surface area (Å²) in [6, 6.07) is 14.9. The molecule has 2 N–H and O–H groups in total. The first kappa shape index (κ1) is 21.7. The van der Waals surface area contributed by atoms with Crippen LogP contribution in [-0.4, -0.2) is 34.9 Å². The predicted molar refractivity (Wildman–Crippen MR) is 125 cm³/mol. The number of aromatic nitrogens is 1. The maximum atomic E-state index is 12.8. The number of ether oxygens (including phenoxy) is 2. The number of fused-ring (bicyclic) bond motifs is 1. The minimum Gasteiger partial charge on any atom is -0.494 e. The molecule has 0 spiro atoms. The number of hydrogen-bond donors (Lipinski definition) is 2. The number of H-pyrrole nitrogens is 1. The predicted octanol–water partition coefficient (Wildman–Crippen LogP) is 5.74. The first-order chi connectivity index (χ1) is 15.6. The normalized spacial score (nSPS) is 12.6. The maximum Gasteiger partial charge on any atom is 0.280 e. The highest BCUT2D eigenvalue weighted by molar-refractivity contribution is 6.30. The van der Waals surface area contributed by atoms with Gasteiger partial charge in [0.1, 0.15) is 11.5 Å². The number of amides is 1. The molecule has 0 unspecified atom stereocenters. The zero-order valence-corrected chi connectivity index (χ0v) is 18.5. The van der Waals surface area contributed by atoms with E-state index >= 15 is 0 Å². The number of aliphatic imine (C=N–C) groups is 1. The lowest BCUT2D eigenvalue weighted by Gasteiger charge is -2.06. The molecule has 0 aliphatic carbocycles. The SMILES string of the molecule is CCCCOc1ccc(C2=NC(=O)c3c(-c4ccc(OCCCC)cc4)[nH]c(O)c32)cc1. The van der Waals surface area contributed by atoms with Crippen LogP contribution in [0.5, 0.6) is 17.4 Å². The number of benzene rings is 2. The Labute approximate surface area is 187 Å². The summed E-state index contributed by atoms with van der Waals surface area (Å²) in [4.78, 5) is 20.0. The van der Waals surface area contributed by atoms with Crippen LogP contribution < -0.4 is 9.47 Å². The Bertz CT molecular complexity index is 1110. The molecule has 2 heterocycles. The molecule has 6 heteroatoms. The van der Waals surface area contributed by atoms with Crippen LogP contribution in [0.25, 0.3) is 11.3 Å². The number of rotatable bonds is 10. The van der Waals surface area contributed by atoms with Gasteiger partial charge in [-0.05, 0) is 66.9 Å². The Morgan fingerprint density at radius 2 is 1.34 bits per heavy atom. The summed E-state index contributed by atoms with van der Waals surface area (Å²) < 4.78 is 11.4. The topological polar surface area (TPSA) is 83.9 Å². The van der Waals surface area contributed by atoms with Gasteiger partial charge in [0.25, 0.3) is 5.91 Å². The van der Waals surface area contributed by atoms with Crippen molar-refractivity contribution in [2.45, 2.75) is 39.5 Å². The van der Waals surface area contributed by atoms with E-state index in [1.807, 2.05) is 48.5 Å². The van der Waals surface area contributed by atoms with Gasteiger partial charge in [-0.15, -0.1) is 0 Å². The van der Waals surface area contributed by atoms with Crippen molar-refractivity contribution in [1.82, 2.24) is 4.98 Å². The second-order valence-electron chi connectivity index (χ2n) is 7.82. The van der Waals surface area contributed by atoms with Crippen molar-refractivity contribution in [1.29, 1.82) is 0 Å². The van der Waals surface area contributed by atoms with E-state index < -0.39 is 0 Å². The molecular formula is C26H28N2O4. The fraction of sp³-hybridized carbons (Fsp3) is 0.308. The van der Waals surface area contributed by atoms with Crippen molar-refractivity contribution in [3.63, 3.8) is 0 Å². The minimum absolute atomic E-state index is 0.0638. The third kappa shape index (κ3) is 4.40. The average molecular weight is 433 g/mol. The van der Waals surface area contributed by atoms with Gasteiger partial charge in [-0.1, -0.05) is 26.7 Å². The van der Waals surface area contributed by atoms with E-state index in [2.05, 4.69) is 23.8 Å². The average Bonchev–Trinajstić information content (AvgIpc) is 3.33. The van der Waals surface area contributed by atoms with E-state index in [-0.39, 0.29) is 11.8 Å². The summed E-state index contributed by atoms with van der Waals surface area (Å²) in [7, 11) is 0. The molecule has 32 heavy (non-hydrogen) atoms. The van der Waals surface area contributed by atoms with Gasteiger partial charge < -0.3 is 19.6 Å². The van der Waals surface area contributed by atoms with Gasteiger partial charge in [-0.25, -0.2) is 4.99 Å². The van der Waals surface area contributed by atoms with E-state index in [9.17, 15) is 9.90 Å². The Balaban J connectivity index is 1.57. The summed E-state index contributed by atoms with van der Waals surface area (Å²) in [5.74, 6) is 1.12. The summed E-state index contributed by atoms with van der Waals surface area (Å²) in [6.07, 6.45) is 4.15. The molecule has 0 saturated carbocycles. The molecular weight excluding hydrogens is 404 g/mol. The van der Waals surface area contributed by atoms with E-state index in [1.54, 1.807) is 0 Å². The lowest BCUT2D eigenvalue weighted by molar-refractivity contribution is 0.101. The quantitative estimate of drug-likeness (QED) is 0.400. The molecule has 0 fully saturated rings. The first-order valence-corrected chi connectivity index (χ1v) is 11.2. The number of aromatic amines is 1. The second-order valence-corrected chi connectivity index (χ2v) is 7.82. The maximum absolute atomic E-state index is 12.8. The largest absolute Gasteiger partial charge is 0.494 e. The highest BCUT2D eigenvalue weighted by Crippen LogP contribution is 2.38. The molecule has 1 aliphatic rings. The Hall–Kier alpha value is -3.54. The number of hydrogen-bond acceptors (Lipinski definition) is 4. The lowest BCUT2D eigenvalue weighted by Crippen LogP contribution is -2.01. The van der Waals surface area contributed by atoms with Crippen molar-refractivity contribution in [2.75, 3.05) is 13.2 Å². The van der Waals surface area contributed by atoms with Gasteiger partial charge in [-0.2, -0.15) is 0 Å². The number of carbonyl (C=O) groups excluding carboxylic acids is 1. The molecule has 0 saturated heterocycles. The van der Waals surface area contributed by atoms with E-state index in [4.69, 9.17) is 9.47 Å². The van der Waals surface area contributed by atoms with Crippen molar-refractivity contribution in [3.05, 3.63) is 65.2 Å². The molecule has 6 nitrogen and oxygen atoms in total. The number of unbranched alkanes of at least 4 members (excludes halogenated alkanes) is 2. The van der Waals surface area contributed by atoms with Crippen LogP contribution in [0.1, 0.15) is 61.0 Å². The van der Waals surface area contributed by atoms with Crippen molar-refractivity contribution in [2.24, 2.45) is 4.99 Å². The summed E-state index contributed by atoms with van der Waals surface area (Å²) >= 11 is 0. The summed E-state index contributed by atoms with van der Waals surface area (Å²) in [6.45, 7) is 5.58. The third-order valence-electron chi connectivity index (χ3n) is 5.45. The highest BCUT2D eigenvalue weighted by Gasteiger charge is 2.33.